The van der Waals surface area contributed by atoms with Crippen LogP contribution in [0.15, 0.2) is 24.3 Å². The number of benzene rings is 1. The number of carbonyl (C=O) groups excluding carboxylic acids is 1. The predicted octanol–water partition coefficient (Wildman–Crippen LogP) is 4.29. The van der Waals surface area contributed by atoms with Gasteiger partial charge in [-0.3, -0.25) is 4.79 Å². The number of aliphatic hydroxyl groups is 1. The molecule has 1 N–H and O–H groups in total. The number of aliphatic hydroxyl groups excluding tert-OH is 1. The predicted molar refractivity (Wildman–Crippen MR) is 89.6 cm³/mol. The van der Waals surface area contributed by atoms with E-state index in [9.17, 15) is 9.90 Å². The van der Waals surface area contributed by atoms with Crippen LogP contribution in [0, 0.1) is 11.3 Å². The van der Waals surface area contributed by atoms with Crippen molar-refractivity contribution in [1.29, 1.82) is 0 Å². The van der Waals surface area contributed by atoms with Crippen molar-refractivity contribution in [3.05, 3.63) is 35.4 Å². The quantitative estimate of drug-likeness (QED) is 0.729. The second kappa shape index (κ2) is 8.33. The molecule has 3 nitrogen and oxygen atoms in total. The molecule has 1 rings (SSSR count). The van der Waals surface area contributed by atoms with Crippen LogP contribution >= 0.6 is 0 Å². The van der Waals surface area contributed by atoms with Crippen LogP contribution in [-0.4, -0.2) is 17.7 Å². The molecule has 0 spiro atoms. The molecule has 0 aliphatic heterocycles. The van der Waals surface area contributed by atoms with E-state index in [0.29, 0.717) is 18.9 Å². The van der Waals surface area contributed by atoms with Crippen LogP contribution in [0.5, 0.6) is 0 Å². The lowest BCUT2D eigenvalue weighted by atomic mass is 9.91. The third kappa shape index (κ3) is 5.80. The minimum absolute atomic E-state index is 0.140. The second-order valence-electron chi connectivity index (χ2n) is 7.01. The maximum atomic E-state index is 11.9. The van der Waals surface area contributed by atoms with Crippen LogP contribution in [0.2, 0.25) is 0 Å². The first kappa shape index (κ1) is 18.7. The third-order valence-corrected chi connectivity index (χ3v) is 4.12. The highest BCUT2D eigenvalue weighted by molar-refractivity contribution is 5.75. The highest BCUT2D eigenvalue weighted by Gasteiger charge is 2.26. The Morgan fingerprint density at radius 2 is 1.82 bits per heavy atom. The molecule has 1 aromatic rings. The van der Waals surface area contributed by atoms with E-state index in [2.05, 4.69) is 13.8 Å². The zero-order chi connectivity index (χ0) is 16.8. The maximum absolute atomic E-state index is 11.9. The monoisotopic (exact) mass is 306 g/mol. The van der Waals surface area contributed by atoms with E-state index < -0.39 is 11.5 Å². The zero-order valence-corrected chi connectivity index (χ0v) is 14.6. The Kier molecular flexibility index (Phi) is 7.08. The fraction of sp³-hybridized carbons (Fsp3) is 0.632. The van der Waals surface area contributed by atoms with Crippen molar-refractivity contribution in [2.24, 2.45) is 11.3 Å². The van der Waals surface area contributed by atoms with Gasteiger partial charge < -0.3 is 9.84 Å². The highest BCUT2D eigenvalue weighted by atomic mass is 16.5. The molecule has 0 aliphatic rings. The van der Waals surface area contributed by atoms with Crippen molar-refractivity contribution >= 4 is 5.97 Å². The van der Waals surface area contributed by atoms with E-state index in [4.69, 9.17) is 4.74 Å². The summed E-state index contributed by atoms with van der Waals surface area (Å²) >= 11 is 0. The lowest BCUT2D eigenvalue weighted by Gasteiger charge is -2.20. The summed E-state index contributed by atoms with van der Waals surface area (Å²) in [7, 11) is 0. The first-order valence-corrected chi connectivity index (χ1v) is 8.20. The number of hydrogen-bond donors (Lipinski definition) is 1. The summed E-state index contributed by atoms with van der Waals surface area (Å²) in [6.45, 7) is 10.4. The summed E-state index contributed by atoms with van der Waals surface area (Å²) < 4.78 is 5.34. The molecule has 0 fully saturated rings. The lowest BCUT2D eigenvalue weighted by Crippen LogP contribution is -2.26. The van der Waals surface area contributed by atoms with Gasteiger partial charge in [0.25, 0.3) is 0 Å². The number of hydrogen-bond acceptors (Lipinski definition) is 3. The molecule has 0 aromatic heterocycles. The molecule has 1 aromatic carbocycles. The summed E-state index contributed by atoms with van der Waals surface area (Å²) in [5.74, 6) is 0.329. The molecule has 1 unspecified atom stereocenters. The van der Waals surface area contributed by atoms with Gasteiger partial charge in [0, 0.05) is 6.42 Å². The van der Waals surface area contributed by atoms with E-state index in [1.54, 1.807) is 0 Å². The lowest BCUT2D eigenvalue weighted by molar-refractivity contribution is -0.154. The van der Waals surface area contributed by atoms with Crippen molar-refractivity contribution in [2.45, 2.75) is 60.0 Å². The SMILES string of the molecule is CCC(C)(C)C(=O)OCCc1ccc(C(O)CC(C)C)cc1. The van der Waals surface area contributed by atoms with E-state index in [-0.39, 0.29) is 5.97 Å². The van der Waals surface area contributed by atoms with Crippen LogP contribution in [0.1, 0.15) is 64.7 Å². The number of rotatable bonds is 8. The molecule has 0 heterocycles. The van der Waals surface area contributed by atoms with Crippen LogP contribution in [0.25, 0.3) is 0 Å². The molecular formula is C19H30O3. The van der Waals surface area contributed by atoms with Gasteiger partial charge in [0.2, 0.25) is 0 Å². The Hall–Kier alpha value is -1.35. The van der Waals surface area contributed by atoms with Crippen LogP contribution in [-0.2, 0) is 16.0 Å². The molecule has 22 heavy (non-hydrogen) atoms. The fourth-order valence-corrected chi connectivity index (χ4v) is 2.09. The average molecular weight is 306 g/mol. The molecule has 1 atom stereocenters. The van der Waals surface area contributed by atoms with Crippen molar-refractivity contribution < 1.29 is 14.6 Å². The molecule has 0 amide bonds. The Balaban J connectivity index is 2.47. The van der Waals surface area contributed by atoms with Crippen LogP contribution in [0.4, 0.5) is 0 Å². The van der Waals surface area contributed by atoms with Gasteiger partial charge in [0.05, 0.1) is 18.1 Å². The third-order valence-electron chi connectivity index (χ3n) is 4.12. The maximum Gasteiger partial charge on any atom is 0.311 e. The Bertz CT molecular complexity index is 460. The van der Waals surface area contributed by atoms with Gasteiger partial charge in [-0.2, -0.15) is 0 Å². The Morgan fingerprint density at radius 3 is 2.32 bits per heavy atom. The summed E-state index contributed by atoms with van der Waals surface area (Å²) in [6, 6.07) is 7.91. The number of ether oxygens (including phenoxy) is 1. The molecule has 0 radical (unpaired) electrons. The topological polar surface area (TPSA) is 46.5 Å². The molecule has 3 heteroatoms. The first-order valence-electron chi connectivity index (χ1n) is 8.20. The molecule has 0 bridgehead atoms. The van der Waals surface area contributed by atoms with Gasteiger partial charge in [-0.1, -0.05) is 45.0 Å². The van der Waals surface area contributed by atoms with Gasteiger partial charge in [-0.15, -0.1) is 0 Å². The molecule has 124 valence electrons. The van der Waals surface area contributed by atoms with Crippen molar-refractivity contribution in [3.8, 4) is 0 Å². The highest BCUT2D eigenvalue weighted by Crippen LogP contribution is 2.22. The van der Waals surface area contributed by atoms with E-state index in [1.807, 2.05) is 45.0 Å². The van der Waals surface area contributed by atoms with Gasteiger partial charge in [-0.25, -0.2) is 0 Å². The smallest absolute Gasteiger partial charge is 0.311 e. The van der Waals surface area contributed by atoms with Gasteiger partial charge in [0.1, 0.15) is 0 Å². The van der Waals surface area contributed by atoms with E-state index >= 15 is 0 Å². The molecular weight excluding hydrogens is 276 g/mol. The minimum Gasteiger partial charge on any atom is -0.465 e. The van der Waals surface area contributed by atoms with E-state index in [1.165, 1.54) is 0 Å². The van der Waals surface area contributed by atoms with E-state index in [0.717, 1.165) is 24.0 Å². The van der Waals surface area contributed by atoms with Gasteiger partial charge in [-0.05, 0) is 43.7 Å². The largest absolute Gasteiger partial charge is 0.465 e. The zero-order valence-electron chi connectivity index (χ0n) is 14.6. The van der Waals surface area contributed by atoms with Crippen molar-refractivity contribution in [3.63, 3.8) is 0 Å². The number of esters is 1. The van der Waals surface area contributed by atoms with Gasteiger partial charge in [0.15, 0.2) is 0 Å². The summed E-state index contributed by atoms with van der Waals surface area (Å²) in [5, 5.41) is 10.1. The second-order valence-corrected chi connectivity index (χ2v) is 7.01. The first-order chi connectivity index (χ1) is 10.3. The molecule has 0 saturated carbocycles. The fourth-order valence-electron chi connectivity index (χ4n) is 2.09. The summed E-state index contributed by atoms with van der Waals surface area (Å²) in [5.41, 5.74) is 1.65. The summed E-state index contributed by atoms with van der Waals surface area (Å²) in [4.78, 5) is 11.9. The van der Waals surface area contributed by atoms with Crippen LogP contribution < -0.4 is 0 Å². The average Bonchev–Trinajstić information content (AvgIpc) is 2.47. The van der Waals surface area contributed by atoms with Crippen LogP contribution in [0.3, 0.4) is 0 Å². The Labute approximate surface area is 134 Å². The Morgan fingerprint density at radius 1 is 1.23 bits per heavy atom. The molecule has 0 saturated heterocycles. The van der Waals surface area contributed by atoms with Gasteiger partial charge >= 0.3 is 5.97 Å². The number of carbonyl (C=O) groups is 1. The standard InChI is InChI=1S/C19H30O3/c1-6-19(4,5)18(21)22-12-11-15-7-9-16(10-8-15)17(20)13-14(2)3/h7-10,14,17,20H,6,11-13H2,1-5H3. The summed E-state index contributed by atoms with van der Waals surface area (Å²) in [6.07, 6.45) is 1.83. The van der Waals surface area contributed by atoms with Crippen molar-refractivity contribution in [1.82, 2.24) is 0 Å². The normalized spacial score (nSPS) is 13.2. The molecule has 0 aliphatic carbocycles. The minimum atomic E-state index is -0.412. The van der Waals surface area contributed by atoms with Crippen molar-refractivity contribution in [2.75, 3.05) is 6.61 Å².